The summed E-state index contributed by atoms with van der Waals surface area (Å²) >= 11 is 1.08. The maximum absolute atomic E-state index is 14.7. The van der Waals surface area contributed by atoms with Gasteiger partial charge in [-0.1, -0.05) is 12.5 Å². The molecule has 36 heavy (non-hydrogen) atoms. The minimum Gasteiger partial charge on any atom is -0.389 e. The van der Waals surface area contributed by atoms with Gasteiger partial charge >= 0.3 is 0 Å². The number of hydrogen-bond acceptors (Lipinski definition) is 6. The van der Waals surface area contributed by atoms with Gasteiger partial charge in [0.25, 0.3) is 0 Å². The highest BCUT2D eigenvalue weighted by Crippen LogP contribution is 2.41. The first-order chi connectivity index (χ1) is 17.2. The Morgan fingerprint density at radius 2 is 2.11 bits per heavy atom. The van der Waals surface area contributed by atoms with Crippen molar-refractivity contribution in [2.45, 2.75) is 47.3 Å². The highest BCUT2D eigenvalue weighted by molar-refractivity contribution is 7.28. The monoisotopic (exact) mass is 521 g/mol. The van der Waals surface area contributed by atoms with Crippen LogP contribution in [-0.4, -0.2) is 28.8 Å². The number of fused-ring (bicyclic) bond motifs is 2. The van der Waals surface area contributed by atoms with Crippen LogP contribution in [0, 0.1) is 23.1 Å². The summed E-state index contributed by atoms with van der Waals surface area (Å²) in [4.78, 5) is 11.7. The lowest BCUT2D eigenvalue weighted by Gasteiger charge is -2.17. The molecule has 9 heteroatoms. The summed E-state index contributed by atoms with van der Waals surface area (Å²) in [5.74, 6) is 1.21. The van der Waals surface area contributed by atoms with Gasteiger partial charge in [0.1, 0.15) is 16.9 Å². The van der Waals surface area contributed by atoms with Gasteiger partial charge in [-0.15, -0.1) is 20.6 Å². The van der Waals surface area contributed by atoms with Gasteiger partial charge in [-0.2, -0.15) is 5.26 Å². The Hall–Kier alpha value is -2.85. The zero-order valence-corrected chi connectivity index (χ0v) is 22.9. The van der Waals surface area contributed by atoms with Crippen LogP contribution in [0.2, 0.25) is 0 Å². The Balaban J connectivity index is 1.82. The number of nitrogens with zero attached hydrogens (tertiary/aromatic N) is 4. The lowest BCUT2D eigenvalue weighted by atomic mass is 9.93. The summed E-state index contributed by atoms with van der Waals surface area (Å²) in [5.41, 5.74) is 11.0. The zero-order chi connectivity index (χ0) is 25.7. The van der Waals surface area contributed by atoms with Crippen LogP contribution in [0.4, 0.5) is 9.39 Å². The second-order valence-electron chi connectivity index (χ2n) is 9.78. The Morgan fingerprint density at radius 3 is 2.78 bits per heavy atom. The van der Waals surface area contributed by atoms with Gasteiger partial charge in [0.2, 0.25) is 0 Å². The summed E-state index contributed by atoms with van der Waals surface area (Å²) in [6, 6.07) is 2.16. The molecule has 2 aromatic heterocycles. The molecule has 1 aromatic carbocycles. The molecule has 1 saturated heterocycles. The van der Waals surface area contributed by atoms with Crippen molar-refractivity contribution < 1.29 is 9.13 Å². The van der Waals surface area contributed by atoms with E-state index in [-0.39, 0.29) is 5.56 Å². The van der Waals surface area contributed by atoms with Crippen molar-refractivity contribution in [1.29, 1.82) is 5.26 Å². The molecular formula is C27H29FN5OPS. The van der Waals surface area contributed by atoms with Crippen molar-refractivity contribution >= 4 is 58.6 Å². The second-order valence-corrected chi connectivity index (χ2v) is 11.4. The first kappa shape index (κ1) is 24.8. The van der Waals surface area contributed by atoms with E-state index in [0.717, 1.165) is 68.3 Å². The van der Waals surface area contributed by atoms with Gasteiger partial charge in [0, 0.05) is 35.5 Å². The fourth-order valence-corrected chi connectivity index (χ4v) is 6.96. The molecule has 186 valence electrons. The molecule has 0 radical (unpaired) electrons. The Morgan fingerprint density at radius 1 is 1.36 bits per heavy atom. The Kier molecular flexibility index (Phi) is 6.59. The number of pyridine rings is 1. The number of amidine groups is 1. The molecule has 2 atom stereocenters. The number of hydrogen-bond donors (Lipinski definition) is 1. The van der Waals surface area contributed by atoms with E-state index in [1.807, 2.05) is 6.20 Å². The topological polar surface area (TPSA) is 87.5 Å². The number of aliphatic imine (C=N–C) groups is 1. The average Bonchev–Trinajstić information content (AvgIpc) is 3.56. The number of ether oxygens (including phenoxy) is 1. The summed E-state index contributed by atoms with van der Waals surface area (Å²) < 4.78 is 21.0. The van der Waals surface area contributed by atoms with E-state index < -0.39 is 5.82 Å². The number of nitriles is 1. The van der Waals surface area contributed by atoms with Gasteiger partial charge < -0.3 is 15.4 Å². The number of nitrogen functional groups attached to an aromatic ring is 1. The van der Waals surface area contributed by atoms with Gasteiger partial charge in [-0.05, 0) is 54.8 Å². The molecular weight excluding hydrogens is 492 g/mol. The van der Waals surface area contributed by atoms with Crippen LogP contribution in [0.15, 0.2) is 11.2 Å². The van der Waals surface area contributed by atoms with Crippen molar-refractivity contribution in [3.05, 3.63) is 39.1 Å². The Bertz CT molecular complexity index is 1600. The van der Waals surface area contributed by atoms with E-state index in [2.05, 4.69) is 52.9 Å². The maximum atomic E-state index is 14.7. The number of halogens is 1. The molecule has 0 bridgehead atoms. The number of benzene rings is 1. The third-order valence-corrected chi connectivity index (χ3v) is 8.70. The smallest absolute Gasteiger partial charge is 0.159 e. The molecule has 0 spiro atoms. The Labute approximate surface area is 216 Å². The third kappa shape index (κ3) is 4.00. The third-order valence-electron chi connectivity index (χ3n) is 7.10. The van der Waals surface area contributed by atoms with Crippen LogP contribution in [0.5, 0.6) is 0 Å². The molecule has 1 fully saturated rings. The molecule has 0 aliphatic carbocycles. The van der Waals surface area contributed by atoms with E-state index >= 15 is 0 Å². The van der Waals surface area contributed by atoms with E-state index in [0.29, 0.717) is 39.9 Å². The van der Waals surface area contributed by atoms with Gasteiger partial charge in [-0.25, -0.2) is 9.38 Å². The molecule has 5 rings (SSSR count). The molecule has 3 aromatic rings. The maximum Gasteiger partial charge on any atom is 0.159 e. The molecule has 6 nitrogen and oxygen atoms in total. The first-order valence-corrected chi connectivity index (χ1v) is 13.4. The molecule has 4 heterocycles. The number of rotatable bonds is 2. The molecule has 0 amide bonds. The summed E-state index contributed by atoms with van der Waals surface area (Å²) in [5, 5.41) is 13.6. The van der Waals surface area contributed by atoms with Gasteiger partial charge in [0.15, 0.2) is 5.82 Å². The van der Waals surface area contributed by atoms with Crippen molar-refractivity contribution in [3.8, 4) is 17.3 Å². The van der Waals surface area contributed by atoms with E-state index in [9.17, 15) is 9.65 Å². The predicted molar refractivity (Wildman–Crippen MR) is 149 cm³/mol. The lowest BCUT2D eigenvalue weighted by Crippen LogP contribution is -2.41. The quantitative estimate of drug-likeness (QED) is 0.315. The number of anilines is 1. The normalized spacial score (nSPS) is 18.2. The van der Waals surface area contributed by atoms with Crippen molar-refractivity contribution in [2.24, 2.45) is 10.9 Å². The largest absolute Gasteiger partial charge is 0.389 e. The highest BCUT2D eigenvalue weighted by atomic mass is 32.1. The minimum absolute atomic E-state index is 0.267. The molecule has 2 unspecified atom stereocenters. The fourth-order valence-electron chi connectivity index (χ4n) is 5.28. The SMILES string of the molecule is CC(=N/C=c1/c2c(c(-c3ncc(F)c4sc(N)c(C#N)c34)c(P)c1=C(C)C)COC2)N1CCC(C)C1. The summed E-state index contributed by atoms with van der Waals surface area (Å²) in [7, 11) is 2.86. The van der Waals surface area contributed by atoms with Crippen LogP contribution in [0.1, 0.15) is 50.8 Å². The molecule has 0 saturated carbocycles. The van der Waals surface area contributed by atoms with Crippen LogP contribution >= 0.6 is 20.6 Å². The van der Waals surface area contributed by atoms with Crippen LogP contribution in [0.25, 0.3) is 33.1 Å². The zero-order valence-electron chi connectivity index (χ0n) is 20.9. The average molecular weight is 522 g/mol. The van der Waals surface area contributed by atoms with E-state index in [1.165, 1.54) is 12.6 Å². The van der Waals surface area contributed by atoms with Crippen molar-refractivity contribution in [2.75, 3.05) is 18.8 Å². The minimum atomic E-state index is -0.477. The lowest BCUT2D eigenvalue weighted by molar-refractivity contribution is 0.134. The van der Waals surface area contributed by atoms with Gasteiger partial charge in [-0.3, -0.25) is 4.98 Å². The number of aromatic nitrogens is 1. The number of nitrogens with two attached hydrogens (primary N) is 1. The molecule has 2 aliphatic rings. The number of likely N-dealkylation sites (tertiary alicyclic amines) is 1. The second kappa shape index (κ2) is 9.55. The summed E-state index contributed by atoms with van der Waals surface area (Å²) in [6.07, 6.45) is 4.36. The van der Waals surface area contributed by atoms with E-state index in [4.69, 9.17) is 15.5 Å². The predicted octanol–water partition coefficient (Wildman–Crippen LogP) is 3.78. The molecule has 2 aliphatic heterocycles. The van der Waals surface area contributed by atoms with E-state index in [1.54, 1.807) is 0 Å². The first-order valence-electron chi connectivity index (χ1n) is 12.0. The van der Waals surface area contributed by atoms with Crippen LogP contribution in [0.3, 0.4) is 0 Å². The van der Waals surface area contributed by atoms with Crippen LogP contribution in [-0.2, 0) is 18.0 Å². The molecule has 2 N–H and O–H groups in total. The van der Waals surface area contributed by atoms with Crippen molar-refractivity contribution in [1.82, 2.24) is 9.88 Å². The van der Waals surface area contributed by atoms with Crippen molar-refractivity contribution in [3.63, 3.8) is 0 Å². The fraction of sp³-hybridized carbons (Fsp3) is 0.370. The number of thiophene rings is 1. The van der Waals surface area contributed by atoms with Gasteiger partial charge in [0.05, 0.1) is 35.4 Å². The standard InChI is InChI=1S/C27H29FN5OPS/c1-13(2)21-17(8-31-15(4)33-6-5-14(3)10-33)18-11-34-12-19(18)22(25(21)35)24-23-16(7-29)27(30)36-26(23)20(28)9-32-24/h8-9,14H,5-6,10-12,30,35H2,1-4H3/b17-8-,31-15?. The summed E-state index contributed by atoms with van der Waals surface area (Å²) in [6.45, 7) is 11.4. The van der Waals surface area contributed by atoms with Crippen LogP contribution < -0.4 is 21.5 Å². The highest BCUT2D eigenvalue weighted by Gasteiger charge is 2.27.